The minimum atomic E-state index is -0.461. The second-order valence-electron chi connectivity index (χ2n) is 3.31. The molecule has 0 aliphatic heterocycles. The van der Waals surface area contributed by atoms with E-state index >= 15 is 0 Å². The van der Waals surface area contributed by atoms with Crippen molar-refractivity contribution in [3.05, 3.63) is 28.4 Å². The molecule has 0 saturated carbocycles. The molecule has 1 atom stereocenters. The van der Waals surface area contributed by atoms with Gasteiger partial charge in [-0.15, -0.1) is 6.42 Å². The lowest BCUT2D eigenvalue weighted by molar-refractivity contribution is -0.384. The van der Waals surface area contributed by atoms with Gasteiger partial charge in [-0.3, -0.25) is 10.1 Å². The second-order valence-corrected chi connectivity index (χ2v) is 3.31. The molecule has 1 N–H and O–H groups in total. The number of nitro groups is 1. The first-order valence-corrected chi connectivity index (χ1v) is 5.00. The molecule has 0 bridgehead atoms. The molecule has 1 heterocycles. The third kappa shape index (κ3) is 3.24. The molecule has 0 fully saturated rings. The Balaban J connectivity index is 2.77. The zero-order valence-corrected chi connectivity index (χ0v) is 9.01. The van der Waals surface area contributed by atoms with Gasteiger partial charge in [0, 0.05) is 12.3 Å². The van der Waals surface area contributed by atoms with Crippen molar-refractivity contribution in [3.63, 3.8) is 0 Å². The molecule has 1 aromatic rings. The van der Waals surface area contributed by atoms with Gasteiger partial charge >= 0.3 is 0 Å². The SMILES string of the molecule is C#CC(CCC)Nc1cc([N+](=O)[O-])ccn1. The van der Waals surface area contributed by atoms with Crippen LogP contribution in [0.5, 0.6) is 0 Å². The van der Waals surface area contributed by atoms with E-state index in [9.17, 15) is 10.1 Å². The normalized spacial score (nSPS) is 11.5. The van der Waals surface area contributed by atoms with Crippen LogP contribution in [0, 0.1) is 22.5 Å². The Morgan fingerprint density at radius 1 is 1.75 bits per heavy atom. The van der Waals surface area contributed by atoms with Crippen LogP contribution in [0.2, 0.25) is 0 Å². The topological polar surface area (TPSA) is 68.1 Å². The summed E-state index contributed by atoms with van der Waals surface area (Å²) in [6, 6.07) is 2.58. The van der Waals surface area contributed by atoms with E-state index in [1.807, 2.05) is 6.92 Å². The third-order valence-corrected chi connectivity index (χ3v) is 2.05. The molecule has 0 aliphatic rings. The summed E-state index contributed by atoms with van der Waals surface area (Å²) in [6.07, 6.45) is 8.47. The summed E-state index contributed by atoms with van der Waals surface area (Å²) in [5, 5.41) is 13.5. The van der Waals surface area contributed by atoms with E-state index in [1.165, 1.54) is 18.3 Å². The van der Waals surface area contributed by atoms with Crippen molar-refractivity contribution in [1.82, 2.24) is 4.98 Å². The third-order valence-electron chi connectivity index (χ3n) is 2.05. The minimum Gasteiger partial charge on any atom is -0.356 e. The molecule has 1 unspecified atom stereocenters. The van der Waals surface area contributed by atoms with Crippen molar-refractivity contribution in [2.75, 3.05) is 5.32 Å². The molecule has 1 aromatic heterocycles. The number of nitrogens with zero attached hydrogens (tertiary/aromatic N) is 2. The summed E-state index contributed by atoms with van der Waals surface area (Å²) in [5.74, 6) is 3.01. The summed E-state index contributed by atoms with van der Waals surface area (Å²) in [7, 11) is 0. The van der Waals surface area contributed by atoms with Crippen LogP contribution < -0.4 is 5.32 Å². The number of terminal acetylenes is 1. The number of rotatable bonds is 5. The largest absolute Gasteiger partial charge is 0.356 e. The van der Waals surface area contributed by atoms with Crippen LogP contribution in [0.4, 0.5) is 11.5 Å². The maximum Gasteiger partial charge on any atom is 0.274 e. The molecule has 0 aromatic carbocycles. The van der Waals surface area contributed by atoms with Crippen LogP contribution in [0.15, 0.2) is 18.3 Å². The molecule has 0 radical (unpaired) electrons. The number of anilines is 1. The molecule has 1 rings (SSSR count). The van der Waals surface area contributed by atoms with Gasteiger partial charge < -0.3 is 5.32 Å². The van der Waals surface area contributed by atoms with Crippen LogP contribution in [0.3, 0.4) is 0 Å². The second kappa shape index (κ2) is 5.71. The van der Waals surface area contributed by atoms with Gasteiger partial charge in [-0.1, -0.05) is 19.3 Å². The van der Waals surface area contributed by atoms with Gasteiger partial charge in [0.1, 0.15) is 5.82 Å². The lowest BCUT2D eigenvalue weighted by atomic mass is 10.2. The molecular formula is C11H13N3O2. The van der Waals surface area contributed by atoms with E-state index in [0.717, 1.165) is 12.8 Å². The Hall–Kier alpha value is -2.09. The quantitative estimate of drug-likeness (QED) is 0.468. The Morgan fingerprint density at radius 2 is 2.50 bits per heavy atom. The van der Waals surface area contributed by atoms with Crippen LogP contribution in [0.1, 0.15) is 19.8 Å². The van der Waals surface area contributed by atoms with Crippen molar-refractivity contribution in [1.29, 1.82) is 0 Å². The first-order valence-electron chi connectivity index (χ1n) is 5.00. The van der Waals surface area contributed by atoms with Crippen LogP contribution >= 0.6 is 0 Å². The molecule has 5 heteroatoms. The summed E-state index contributed by atoms with van der Waals surface area (Å²) in [4.78, 5) is 14.1. The smallest absolute Gasteiger partial charge is 0.274 e. The van der Waals surface area contributed by atoms with E-state index in [4.69, 9.17) is 6.42 Å². The van der Waals surface area contributed by atoms with Crippen molar-refractivity contribution in [3.8, 4) is 12.3 Å². The minimum absolute atomic E-state index is 0.00442. The Morgan fingerprint density at radius 3 is 3.06 bits per heavy atom. The molecule has 84 valence electrons. The highest BCUT2D eigenvalue weighted by atomic mass is 16.6. The average Bonchev–Trinajstić information content (AvgIpc) is 2.29. The van der Waals surface area contributed by atoms with Gasteiger partial charge in [-0.05, 0) is 6.42 Å². The van der Waals surface area contributed by atoms with E-state index in [2.05, 4.69) is 16.2 Å². The van der Waals surface area contributed by atoms with E-state index in [0.29, 0.717) is 5.82 Å². The molecule has 0 saturated heterocycles. The lowest BCUT2D eigenvalue weighted by Gasteiger charge is -2.11. The number of pyridine rings is 1. The first kappa shape index (κ1) is 12.0. The molecule has 0 aliphatic carbocycles. The average molecular weight is 219 g/mol. The monoisotopic (exact) mass is 219 g/mol. The van der Waals surface area contributed by atoms with Gasteiger partial charge in [0.15, 0.2) is 0 Å². The zero-order chi connectivity index (χ0) is 12.0. The molecular weight excluding hydrogens is 206 g/mol. The standard InChI is InChI=1S/C11H13N3O2/c1-3-5-9(4-2)13-11-8-10(14(15)16)6-7-12-11/h2,6-9H,3,5H2,1H3,(H,12,13). The summed E-state index contributed by atoms with van der Waals surface area (Å²) >= 11 is 0. The summed E-state index contributed by atoms with van der Waals surface area (Å²) in [5.41, 5.74) is 0.00442. The first-order chi connectivity index (χ1) is 7.67. The Bertz CT molecular complexity index is 412. The molecule has 0 amide bonds. The predicted molar refractivity (Wildman–Crippen MR) is 62.0 cm³/mol. The maximum atomic E-state index is 10.5. The highest BCUT2D eigenvalue weighted by Crippen LogP contribution is 2.15. The zero-order valence-electron chi connectivity index (χ0n) is 9.01. The van der Waals surface area contributed by atoms with E-state index < -0.39 is 4.92 Å². The van der Waals surface area contributed by atoms with Gasteiger partial charge in [-0.2, -0.15) is 0 Å². The number of nitrogens with one attached hydrogen (secondary N) is 1. The Labute approximate surface area is 94.0 Å². The van der Waals surface area contributed by atoms with Crippen molar-refractivity contribution in [2.24, 2.45) is 0 Å². The van der Waals surface area contributed by atoms with Gasteiger partial charge in [-0.25, -0.2) is 4.98 Å². The fourth-order valence-electron chi connectivity index (χ4n) is 1.28. The van der Waals surface area contributed by atoms with Gasteiger partial charge in [0.05, 0.1) is 17.0 Å². The van der Waals surface area contributed by atoms with E-state index in [-0.39, 0.29) is 11.7 Å². The van der Waals surface area contributed by atoms with Gasteiger partial charge in [0.25, 0.3) is 5.69 Å². The highest BCUT2D eigenvalue weighted by Gasteiger charge is 2.09. The van der Waals surface area contributed by atoms with Crippen LogP contribution in [-0.2, 0) is 0 Å². The number of hydrogen-bond donors (Lipinski definition) is 1. The summed E-state index contributed by atoms with van der Waals surface area (Å²) < 4.78 is 0. The number of hydrogen-bond acceptors (Lipinski definition) is 4. The fourth-order valence-corrected chi connectivity index (χ4v) is 1.28. The van der Waals surface area contributed by atoms with Gasteiger partial charge in [0.2, 0.25) is 0 Å². The van der Waals surface area contributed by atoms with Crippen LogP contribution in [0.25, 0.3) is 0 Å². The van der Waals surface area contributed by atoms with Crippen molar-refractivity contribution >= 4 is 11.5 Å². The maximum absolute atomic E-state index is 10.5. The fraction of sp³-hybridized carbons (Fsp3) is 0.364. The van der Waals surface area contributed by atoms with E-state index in [1.54, 1.807) is 0 Å². The molecule has 0 spiro atoms. The highest BCUT2D eigenvalue weighted by molar-refractivity contribution is 5.45. The molecule has 16 heavy (non-hydrogen) atoms. The Kier molecular flexibility index (Phi) is 4.28. The number of aromatic nitrogens is 1. The predicted octanol–water partition coefficient (Wildman–Crippen LogP) is 2.20. The van der Waals surface area contributed by atoms with Crippen molar-refractivity contribution in [2.45, 2.75) is 25.8 Å². The van der Waals surface area contributed by atoms with Crippen molar-refractivity contribution < 1.29 is 4.92 Å². The molecule has 5 nitrogen and oxygen atoms in total. The van der Waals surface area contributed by atoms with Crippen LogP contribution in [-0.4, -0.2) is 15.9 Å². The summed E-state index contributed by atoms with van der Waals surface area (Å²) in [6.45, 7) is 2.02. The lowest BCUT2D eigenvalue weighted by Crippen LogP contribution is -2.17.